The number of aromatic nitrogens is 1. The number of nitrogens with zero attached hydrogens (tertiary/aromatic N) is 3. The predicted molar refractivity (Wildman–Crippen MR) is 103 cm³/mol. The Bertz CT molecular complexity index is 840. The Morgan fingerprint density at radius 2 is 2.04 bits per heavy atom. The molecule has 1 aliphatic heterocycles. The van der Waals surface area contributed by atoms with Gasteiger partial charge < -0.3 is 4.90 Å². The maximum atomic E-state index is 12.9. The second-order valence-corrected chi connectivity index (χ2v) is 8.32. The van der Waals surface area contributed by atoms with Crippen LogP contribution in [-0.4, -0.2) is 46.9 Å². The first-order chi connectivity index (χ1) is 13.2. The lowest BCUT2D eigenvalue weighted by Gasteiger charge is -2.22. The number of amides is 1. The molecule has 1 aromatic carbocycles. The summed E-state index contributed by atoms with van der Waals surface area (Å²) in [5.41, 5.74) is 0.443. The Kier molecular flexibility index (Phi) is 6.62. The van der Waals surface area contributed by atoms with E-state index in [1.165, 1.54) is 6.07 Å². The van der Waals surface area contributed by atoms with E-state index < -0.39 is 11.7 Å². The molecule has 0 spiro atoms. The molecule has 3 rings (SSSR count). The van der Waals surface area contributed by atoms with Gasteiger partial charge in [-0.05, 0) is 37.1 Å². The second-order valence-electron chi connectivity index (χ2n) is 6.85. The molecule has 152 valence electrons. The summed E-state index contributed by atoms with van der Waals surface area (Å²) in [4.78, 5) is 21.1. The Morgan fingerprint density at radius 1 is 1.25 bits per heavy atom. The van der Waals surface area contributed by atoms with Crippen molar-refractivity contribution in [1.29, 1.82) is 0 Å². The summed E-state index contributed by atoms with van der Waals surface area (Å²) in [6.07, 6.45) is -3.78. The number of carbonyl (C=O) groups is 1. The van der Waals surface area contributed by atoms with Crippen molar-refractivity contribution >= 4 is 28.8 Å². The first-order valence-electron chi connectivity index (χ1n) is 8.99. The van der Waals surface area contributed by atoms with E-state index in [0.717, 1.165) is 42.3 Å². The SMILES string of the molecule is Cc1nc(CN2CCCN(C(=O)Cc3cc(C(F)(F)F)ccc3Cl)CC2)cs1. The van der Waals surface area contributed by atoms with Crippen LogP contribution in [0.2, 0.25) is 5.02 Å². The minimum atomic E-state index is -4.46. The van der Waals surface area contributed by atoms with E-state index in [4.69, 9.17) is 11.6 Å². The third kappa shape index (κ3) is 5.46. The van der Waals surface area contributed by atoms with Crippen LogP contribution in [0.3, 0.4) is 0 Å². The van der Waals surface area contributed by atoms with Crippen molar-refractivity contribution < 1.29 is 18.0 Å². The highest BCUT2D eigenvalue weighted by Gasteiger charge is 2.31. The van der Waals surface area contributed by atoms with E-state index in [2.05, 4.69) is 9.88 Å². The van der Waals surface area contributed by atoms with Crippen LogP contribution in [0.1, 0.15) is 28.2 Å². The molecule has 9 heteroatoms. The Morgan fingerprint density at radius 3 is 2.71 bits per heavy atom. The summed E-state index contributed by atoms with van der Waals surface area (Å²) in [7, 11) is 0. The number of thiazole rings is 1. The van der Waals surface area contributed by atoms with E-state index in [1.807, 2.05) is 12.3 Å². The third-order valence-electron chi connectivity index (χ3n) is 4.71. The van der Waals surface area contributed by atoms with Crippen molar-refractivity contribution in [2.45, 2.75) is 32.5 Å². The highest BCUT2D eigenvalue weighted by Crippen LogP contribution is 2.32. The van der Waals surface area contributed by atoms with Crippen LogP contribution >= 0.6 is 22.9 Å². The molecule has 2 heterocycles. The Labute approximate surface area is 170 Å². The summed E-state index contributed by atoms with van der Waals surface area (Å²) in [5.74, 6) is -0.201. The van der Waals surface area contributed by atoms with Gasteiger partial charge in [0, 0.05) is 43.1 Å². The fourth-order valence-corrected chi connectivity index (χ4v) is 4.04. The highest BCUT2D eigenvalue weighted by atomic mass is 35.5. The maximum Gasteiger partial charge on any atom is 0.416 e. The molecule has 1 aliphatic rings. The monoisotopic (exact) mass is 431 g/mol. The van der Waals surface area contributed by atoms with Gasteiger partial charge in [-0.25, -0.2) is 4.98 Å². The molecule has 0 bridgehead atoms. The lowest BCUT2D eigenvalue weighted by molar-refractivity contribution is -0.138. The molecule has 4 nitrogen and oxygen atoms in total. The highest BCUT2D eigenvalue weighted by molar-refractivity contribution is 7.09. The molecule has 1 aromatic heterocycles. The van der Waals surface area contributed by atoms with Crippen molar-refractivity contribution in [3.63, 3.8) is 0 Å². The summed E-state index contributed by atoms with van der Waals surface area (Å²) in [6, 6.07) is 3.10. The van der Waals surface area contributed by atoms with Crippen LogP contribution < -0.4 is 0 Å². The molecule has 28 heavy (non-hydrogen) atoms. The largest absolute Gasteiger partial charge is 0.416 e. The second kappa shape index (κ2) is 8.80. The van der Waals surface area contributed by atoms with Gasteiger partial charge >= 0.3 is 6.18 Å². The van der Waals surface area contributed by atoms with Crippen LogP contribution in [0, 0.1) is 6.92 Å². The fourth-order valence-electron chi connectivity index (χ4n) is 3.25. The van der Waals surface area contributed by atoms with E-state index in [1.54, 1.807) is 16.2 Å². The number of alkyl halides is 3. The van der Waals surface area contributed by atoms with Crippen molar-refractivity contribution in [2.24, 2.45) is 0 Å². The molecule has 2 aromatic rings. The molecule has 1 amide bonds. The lowest BCUT2D eigenvalue weighted by atomic mass is 10.1. The Hall–Kier alpha value is -1.64. The smallest absolute Gasteiger partial charge is 0.341 e. The van der Waals surface area contributed by atoms with Gasteiger partial charge in [-0.1, -0.05) is 11.6 Å². The van der Waals surface area contributed by atoms with Gasteiger partial charge in [-0.3, -0.25) is 9.69 Å². The molecule has 0 atom stereocenters. The van der Waals surface area contributed by atoms with Crippen molar-refractivity contribution in [3.8, 4) is 0 Å². The number of hydrogen-bond acceptors (Lipinski definition) is 4. The molecular weight excluding hydrogens is 411 g/mol. The van der Waals surface area contributed by atoms with Gasteiger partial charge in [0.25, 0.3) is 0 Å². The summed E-state index contributed by atoms with van der Waals surface area (Å²) in [6.45, 7) is 5.39. The molecule has 1 fully saturated rings. The van der Waals surface area contributed by atoms with Crippen molar-refractivity contribution in [1.82, 2.24) is 14.8 Å². The van der Waals surface area contributed by atoms with Crippen LogP contribution in [0.25, 0.3) is 0 Å². The van der Waals surface area contributed by atoms with Crippen LogP contribution in [0.5, 0.6) is 0 Å². The van der Waals surface area contributed by atoms with E-state index in [-0.39, 0.29) is 22.9 Å². The van der Waals surface area contributed by atoms with Gasteiger partial charge in [0.05, 0.1) is 22.7 Å². The minimum Gasteiger partial charge on any atom is -0.341 e. The minimum absolute atomic E-state index is 0.131. The van der Waals surface area contributed by atoms with Crippen molar-refractivity contribution in [2.75, 3.05) is 26.2 Å². The normalized spacial score (nSPS) is 16.2. The predicted octanol–water partition coefficient (Wildman–Crippen LogP) is 4.40. The van der Waals surface area contributed by atoms with Gasteiger partial charge in [-0.15, -0.1) is 11.3 Å². The zero-order chi connectivity index (χ0) is 20.3. The molecule has 0 N–H and O–H groups in total. The molecule has 0 saturated carbocycles. The van der Waals surface area contributed by atoms with Crippen LogP contribution in [0.4, 0.5) is 13.2 Å². The molecule has 1 saturated heterocycles. The average Bonchev–Trinajstić information content (AvgIpc) is 2.88. The number of benzene rings is 1. The number of halogens is 4. The fraction of sp³-hybridized carbons (Fsp3) is 0.474. The molecule has 0 radical (unpaired) electrons. The topological polar surface area (TPSA) is 36.4 Å². The average molecular weight is 432 g/mol. The third-order valence-corrected chi connectivity index (χ3v) is 5.90. The molecule has 0 unspecified atom stereocenters. The van der Waals surface area contributed by atoms with Gasteiger partial charge in [0.2, 0.25) is 5.91 Å². The van der Waals surface area contributed by atoms with E-state index in [9.17, 15) is 18.0 Å². The zero-order valence-electron chi connectivity index (χ0n) is 15.4. The van der Waals surface area contributed by atoms with Crippen LogP contribution in [-0.2, 0) is 23.9 Å². The number of aryl methyl sites for hydroxylation is 1. The maximum absolute atomic E-state index is 12.9. The van der Waals surface area contributed by atoms with E-state index >= 15 is 0 Å². The van der Waals surface area contributed by atoms with Gasteiger partial charge in [0.1, 0.15) is 0 Å². The lowest BCUT2D eigenvalue weighted by Crippen LogP contribution is -2.36. The van der Waals surface area contributed by atoms with Crippen molar-refractivity contribution in [3.05, 3.63) is 50.4 Å². The first kappa shape index (κ1) is 21.1. The van der Waals surface area contributed by atoms with Gasteiger partial charge in [0.15, 0.2) is 0 Å². The van der Waals surface area contributed by atoms with E-state index in [0.29, 0.717) is 19.6 Å². The summed E-state index contributed by atoms with van der Waals surface area (Å²) >= 11 is 7.64. The van der Waals surface area contributed by atoms with Crippen LogP contribution in [0.15, 0.2) is 23.6 Å². The zero-order valence-corrected chi connectivity index (χ0v) is 17.0. The quantitative estimate of drug-likeness (QED) is 0.720. The molecular formula is C19H21ClF3N3OS. The summed E-state index contributed by atoms with van der Waals surface area (Å²) in [5, 5.41) is 3.25. The summed E-state index contributed by atoms with van der Waals surface area (Å²) < 4.78 is 38.8. The number of hydrogen-bond donors (Lipinski definition) is 0. The molecule has 0 aliphatic carbocycles. The number of rotatable bonds is 4. The first-order valence-corrected chi connectivity index (χ1v) is 10.2. The Balaban J connectivity index is 1.61. The number of carbonyl (C=O) groups excluding carboxylic acids is 1. The standard InChI is InChI=1S/C19H21ClF3N3OS/c1-13-24-16(12-28-13)11-25-5-2-6-26(8-7-25)18(27)10-14-9-15(19(21,22)23)3-4-17(14)20/h3-4,9,12H,2,5-8,10-11H2,1H3. The van der Waals surface area contributed by atoms with Gasteiger partial charge in [-0.2, -0.15) is 13.2 Å².